The number of ketones is 1. The van der Waals surface area contributed by atoms with E-state index >= 15 is 0 Å². The lowest BCUT2D eigenvalue weighted by Gasteiger charge is -2.36. The molecule has 9 rings (SSSR count). The number of carbonyl (C=O) groups excluding carboxylic acids is 1. The SMILES string of the molecule is C[C@@H]1CCC[C@@H](Cc2ncccc2-c2cnc3c(ccn3COCC[Si](C)(C)C)n2)C1.C[C@H]1C[C@H](Cc2ncccc2-c2cnc3c(ccn3COCC[Si](C)(C)C)n2)CN(CC(=O)c2ccccc2)C1. The summed E-state index contributed by atoms with van der Waals surface area (Å²) in [6, 6.07) is 24.2. The van der Waals surface area contributed by atoms with Crippen LogP contribution in [0.25, 0.3) is 44.8 Å². The van der Waals surface area contributed by atoms with Crippen LogP contribution >= 0.6 is 0 Å². The Bertz CT molecular complexity index is 2820. The summed E-state index contributed by atoms with van der Waals surface area (Å²) in [5.74, 6) is 2.69. The van der Waals surface area contributed by atoms with Gasteiger partial charge in [-0.05, 0) is 97.8 Å². The predicted molar refractivity (Wildman–Crippen MR) is 293 cm³/mol. The number of Topliss-reactive ketones (excluding diaryl/α,β-unsaturated/α-hetero) is 1. The minimum absolute atomic E-state index is 0.184. The normalized spacial score (nSPS) is 18.9. The Morgan fingerprint density at radius 1 is 0.620 bits per heavy atom. The van der Waals surface area contributed by atoms with Crippen LogP contribution in [-0.2, 0) is 35.8 Å². The Morgan fingerprint density at radius 3 is 1.69 bits per heavy atom. The van der Waals surface area contributed by atoms with Crippen LogP contribution in [0.4, 0.5) is 0 Å². The number of pyridine rings is 2. The number of carbonyl (C=O) groups is 1. The molecule has 0 bridgehead atoms. The average Bonchev–Trinajstić information content (AvgIpc) is 3.95. The smallest absolute Gasteiger partial charge is 0.176 e. The monoisotopic (exact) mass is 992 g/mol. The highest BCUT2D eigenvalue weighted by molar-refractivity contribution is 6.76. The van der Waals surface area contributed by atoms with Crippen LogP contribution in [0, 0.1) is 23.7 Å². The van der Waals surface area contributed by atoms with Gasteiger partial charge in [0.25, 0.3) is 0 Å². The molecule has 12 nitrogen and oxygen atoms in total. The summed E-state index contributed by atoms with van der Waals surface area (Å²) in [6.45, 7) is 23.8. The van der Waals surface area contributed by atoms with Crippen molar-refractivity contribution in [1.82, 2.24) is 43.9 Å². The molecule has 6 aromatic heterocycles. The van der Waals surface area contributed by atoms with E-state index in [-0.39, 0.29) is 5.78 Å². The first-order valence-electron chi connectivity index (χ1n) is 26.1. The average molecular weight is 992 g/mol. The molecule has 14 heteroatoms. The van der Waals surface area contributed by atoms with Crippen LogP contribution in [0.3, 0.4) is 0 Å². The maximum absolute atomic E-state index is 12.9. The largest absolute Gasteiger partial charge is 0.361 e. The standard InChI is InChI=1S/C32H41N5O2Si.C25H36N4OSi/c1-24-17-25(21-36(20-24)22-31(38)26-9-6-5-7-10-26)18-29-27(11-8-13-33-29)30-19-34-32-28(35-30)12-14-37(32)23-39-15-16-40(2,3)4;1-19-7-5-8-20(15-19)16-23-21(9-6-11-26-23)24-17-27-25-22(28-24)10-12-29(25)18-30-13-14-31(2,3)4/h5-14,19,24-25H,15-18,20-23H2,1-4H3;6,9-12,17,19-20H,5,7-8,13-16,18H2,1-4H3/t24-,25+;19-,20-/m01/s1. The molecule has 1 aromatic carbocycles. The van der Waals surface area contributed by atoms with Gasteiger partial charge in [0, 0.05) is 83.9 Å². The van der Waals surface area contributed by atoms with Crippen LogP contribution < -0.4 is 0 Å². The molecular formula is C57H77N9O3Si2. The topological polar surface area (TPSA) is 126 Å². The fraction of sp³-hybridized carbons (Fsp3) is 0.491. The van der Waals surface area contributed by atoms with Crippen LogP contribution in [0.15, 0.2) is 104 Å². The van der Waals surface area contributed by atoms with Gasteiger partial charge >= 0.3 is 0 Å². The fourth-order valence-corrected chi connectivity index (χ4v) is 11.7. The number of aromatic nitrogens is 8. The van der Waals surface area contributed by atoms with E-state index in [9.17, 15) is 4.79 Å². The molecule has 1 saturated carbocycles. The maximum Gasteiger partial charge on any atom is 0.176 e. The Labute approximate surface area is 424 Å². The summed E-state index contributed by atoms with van der Waals surface area (Å²) in [4.78, 5) is 44.1. The van der Waals surface area contributed by atoms with Gasteiger partial charge in [0.2, 0.25) is 0 Å². The van der Waals surface area contributed by atoms with Gasteiger partial charge in [-0.15, -0.1) is 0 Å². The zero-order chi connectivity index (χ0) is 50.0. The second kappa shape index (κ2) is 24.0. The number of nitrogens with zero attached hydrogens (tertiary/aromatic N) is 9. The first kappa shape index (κ1) is 52.1. The minimum atomic E-state index is -1.11. The quantitative estimate of drug-likeness (QED) is 0.0439. The van der Waals surface area contributed by atoms with Crippen LogP contribution in [0.1, 0.15) is 67.7 Å². The third kappa shape index (κ3) is 14.9. The third-order valence-electron chi connectivity index (χ3n) is 14.0. The van der Waals surface area contributed by atoms with E-state index in [1.807, 2.05) is 101 Å². The molecular weight excluding hydrogens is 915 g/mol. The van der Waals surface area contributed by atoms with E-state index in [0.29, 0.717) is 31.8 Å². The summed E-state index contributed by atoms with van der Waals surface area (Å²) in [7, 11) is -2.19. The molecule has 0 unspecified atom stereocenters. The lowest BCUT2D eigenvalue weighted by atomic mass is 9.80. The zero-order valence-electron chi connectivity index (χ0n) is 43.7. The van der Waals surface area contributed by atoms with Gasteiger partial charge in [0.15, 0.2) is 17.1 Å². The lowest BCUT2D eigenvalue weighted by Crippen LogP contribution is -2.43. The van der Waals surface area contributed by atoms with Gasteiger partial charge < -0.3 is 18.6 Å². The van der Waals surface area contributed by atoms with Crippen LogP contribution in [0.5, 0.6) is 0 Å². The molecule has 1 aliphatic heterocycles. The Hall–Kier alpha value is -5.26. The van der Waals surface area contributed by atoms with Crippen molar-refractivity contribution >= 4 is 44.3 Å². The van der Waals surface area contributed by atoms with Gasteiger partial charge in [0.1, 0.15) is 24.5 Å². The van der Waals surface area contributed by atoms with E-state index < -0.39 is 16.1 Å². The van der Waals surface area contributed by atoms with E-state index in [1.165, 1.54) is 31.7 Å². The van der Waals surface area contributed by atoms with Gasteiger partial charge in [-0.3, -0.25) is 19.7 Å². The van der Waals surface area contributed by atoms with E-state index in [4.69, 9.17) is 39.4 Å². The number of benzene rings is 1. The number of piperidine rings is 1. The molecule has 1 aliphatic carbocycles. The molecule has 0 spiro atoms. The molecule has 71 heavy (non-hydrogen) atoms. The summed E-state index contributed by atoms with van der Waals surface area (Å²) in [5, 5.41) is 0. The molecule has 0 N–H and O–H groups in total. The van der Waals surface area contributed by atoms with Crippen molar-refractivity contribution < 1.29 is 14.3 Å². The summed E-state index contributed by atoms with van der Waals surface area (Å²) >= 11 is 0. The highest BCUT2D eigenvalue weighted by Crippen LogP contribution is 2.34. The Balaban J connectivity index is 0.000000197. The number of hydrogen-bond acceptors (Lipinski definition) is 10. The van der Waals surface area contributed by atoms with Crippen LogP contribution in [0.2, 0.25) is 51.4 Å². The fourth-order valence-electron chi connectivity index (χ4n) is 10.2. The van der Waals surface area contributed by atoms with Crippen molar-refractivity contribution in [2.24, 2.45) is 23.7 Å². The predicted octanol–water partition coefficient (Wildman–Crippen LogP) is 12.4. The van der Waals surface area contributed by atoms with E-state index in [2.05, 4.69) is 70.2 Å². The third-order valence-corrected chi connectivity index (χ3v) is 17.4. The van der Waals surface area contributed by atoms with Crippen molar-refractivity contribution in [2.45, 2.75) is 124 Å². The summed E-state index contributed by atoms with van der Waals surface area (Å²) < 4.78 is 15.9. The highest BCUT2D eigenvalue weighted by atomic mass is 28.3. The molecule has 2 fully saturated rings. The molecule has 2 aliphatic rings. The number of rotatable bonds is 19. The molecule has 0 radical (unpaired) electrons. The maximum atomic E-state index is 12.9. The molecule has 376 valence electrons. The first-order valence-corrected chi connectivity index (χ1v) is 33.5. The lowest BCUT2D eigenvalue weighted by molar-refractivity contribution is 0.0835. The molecule has 1 saturated heterocycles. The van der Waals surface area contributed by atoms with E-state index in [0.717, 1.165) is 125 Å². The minimum Gasteiger partial charge on any atom is -0.361 e. The van der Waals surface area contributed by atoms with Crippen molar-refractivity contribution in [3.8, 4) is 22.5 Å². The molecule has 0 amide bonds. The number of ether oxygens (including phenoxy) is 2. The van der Waals surface area contributed by atoms with Crippen molar-refractivity contribution in [3.63, 3.8) is 0 Å². The zero-order valence-corrected chi connectivity index (χ0v) is 45.7. The van der Waals surface area contributed by atoms with Crippen molar-refractivity contribution in [2.75, 3.05) is 32.8 Å². The van der Waals surface area contributed by atoms with Gasteiger partial charge in [-0.25, -0.2) is 19.9 Å². The molecule has 4 atom stereocenters. The number of likely N-dealkylation sites (tertiary alicyclic amines) is 1. The second-order valence-corrected chi connectivity index (χ2v) is 34.2. The molecule has 7 heterocycles. The molecule has 7 aromatic rings. The first-order chi connectivity index (χ1) is 34.1. The number of hydrogen-bond donors (Lipinski definition) is 0. The van der Waals surface area contributed by atoms with Crippen molar-refractivity contribution in [1.29, 1.82) is 0 Å². The highest BCUT2D eigenvalue weighted by Gasteiger charge is 2.28. The van der Waals surface area contributed by atoms with Gasteiger partial charge in [-0.1, -0.05) is 103 Å². The van der Waals surface area contributed by atoms with E-state index in [1.54, 1.807) is 0 Å². The van der Waals surface area contributed by atoms with Crippen molar-refractivity contribution in [3.05, 3.63) is 121 Å². The Kier molecular flexibility index (Phi) is 17.6. The summed E-state index contributed by atoms with van der Waals surface area (Å²) in [6.07, 6.45) is 19.9. The Morgan fingerprint density at radius 2 is 1.15 bits per heavy atom. The number of fused-ring (bicyclic) bond motifs is 2. The summed E-state index contributed by atoms with van der Waals surface area (Å²) in [5.41, 5.74) is 10.4. The second-order valence-electron chi connectivity index (χ2n) is 22.9. The van der Waals surface area contributed by atoms with Gasteiger partial charge in [0.05, 0.1) is 41.7 Å². The van der Waals surface area contributed by atoms with Crippen LogP contribution in [-0.4, -0.2) is 98.7 Å². The van der Waals surface area contributed by atoms with Gasteiger partial charge in [-0.2, -0.15) is 0 Å².